The van der Waals surface area contributed by atoms with Crippen LogP contribution in [0.3, 0.4) is 0 Å². The zero-order chi connectivity index (χ0) is 23.9. The molecular weight excluding hydrogens is 444 g/mol. The second kappa shape index (κ2) is 8.75. The highest BCUT2D eigenvalue weighted by molar-refractivity contribution is 7.85. The van der Waals surface area contributed by atoms with Crippen LogP contribution >= 0.6 is 0 Å². The summed E-state index contributed by atoms with van der Waals surface area (Å²) in [6.07, 6.45) is 0.820. The molecule has 0 saturated heterocycles. The molecule has 1 aliphatic rings. The van der Waals surface area contributed by atoms with Gasteiger partial charge >= 0.3 is 0 Å². The van der Waals surface area contributed by atoms with Crippen LogP contribution in [0.5, 0.6) is 5.75 Å². The summed E-state index contributed by atoms with van der Waals surface area (Å²) in [7, 11) is -4.31. The van der Waals surface area contributed by atoms with E-state index in [0.29, 0.717) is 18.4 Å². The summed E-state index contributed by atoms with van der Waals surface area (Å²) in [6.45, 7) is 3.97. The lowest BCUT2D eigenvalue weighted by atomic mass is 9.93. The Kier molecular flexibility index (Phi) is 5.76. The first-order valence-electron chi connectivity index (χ1n) is 11.3. The summed E-state index contributed by atoms with van der Waals surface area (Å²) in [5, 5.41) is 0. The number of benzene rings is 4. The lowest BCUT2D eigenvalue weighted by molar-refractivity contribution is 0.233. The molecule has 5 rings (SSSR count). The van der Waals surface area contributed by atoms with Gasteiger partial charge in [-0.2, -0.15) is 8.42 Å². The zero-order valence-corrected chi connectivity index (χ0v) is 20.0. The fraction of sp³-hybridized carbons (Fsp3) is 0.172. The topological polar surface area (TPSA) is 63.6 Å². The monoisotopic (exact) mass is 470 g/mol. The molecule has 0 fully saturated rings. The molecule has 1 unspecified atom stereocenters. The normalized spacial score (nSPS) is 15.1. The number of aryl methyl sites for hydroxylation is 2. The lowest BCUT2D eigenvalue weighted by Gasteiger charge is -2.16. The van der Waals surface area contributed by atoms with Crippen LogP contribution in [0.15, 0.2) is 89.8 Å². The molecule has 0 aliphatic carbocycles. The van der Waals surface area contributed by atoms with Gasteiger partial charge in [-0.3, -0.25) is 4.55 Å². The molecule has 4 aromatic carbocycles. The fourth-order valence-corrected chi connectivity index (χ4v) is 5.37. The maximum absolute atomic E-state index is 11.9. The Hall–Kier alpha value is -3.41. The molecule has 1 N–H and O–H groups in total. The van der Waals surface area contributed by atoms with Gasteiger partial charge in [0.15, 0.2) is 0 Å². The van der Waals surface area contributed by atoms with Crippen LogP contribution in [0.2, 0.25) is 0 Å². The Labute approximate surface area is 200 Å². The molecule has 1 atom stereocenters. The van der Waals surface area contributed by atoms with Gasteiger partial charge in [0.05, 0.1) is 4.90 Å². The fourth-order valence-electron chi connectivity index (χ4n) is 4.66. The smallest absolute Gasteiger partial charge is 0.294 e. The second-order valence-corrected chi connectivity index (χ2v) is 10.4. The molecule has 5 heteroatoms. The van der Waals surface area contributed by atoms with Gasteiger partial charge in [-0.25, -0.2) is 0 Å². The molecule has 0 spiro atoms. The molecule has 1 aliphatic heterocycles. The summed E-state index contributed by atoms with van der Waals surface area (Å²) in [5.41, 5.74) is 8.15. The molecule has 0 saturated carbocycles. The summed E-state index contributed by atoms with van der Waals surface area (Å²) in [5.74, 6) is 0.842. The van der Waals surface area contributed by atoms with Gasteiger partial charge in [-0.05, 0) is 59.9 Å². The summed E-state index contributed by atoms with van der Waals surface area (Å²) >= 11 is 0. The van der Waals surface area contributed by atoms with Gasteiger partial charge in [-0.15, -0.1) is 0 Å². The molecule has 172 valence electrons. The molecule has 0 bridgehead atoms. The third kappa shape index (κ3) is 4.49. The molecule has 4 nitrogen and oxygen atoms in total. The molecule has 0 amide bonds. The molecule has 34 heavy (non-hydrogen) atoms. The van der Waals surface area contributed by atoms with E-state index >= 15 is 0 Å². The maximum Gasteiger partial charge on any atom is 0.294 e. The minimum absolute atomic E-state index is 0.0543. The predicted octanol–water partition coefficient (Wildman–Crippen LogP) is 6.43. The number of rotatable bonds is 5. The Bertz CT molecular complexity index is 1460. The van der Waals surface area contributed by atoms with Gasteiger partial charge in [0.1, 0.15) is 11.9 Å². The van der Waals surface area contributed by atoms with E-state index in [4.69, 9.17) is 4.74 Å². The highest BCUT2D eigenvalue weighted by atomic mass is 32.2. The van der Waals surface area contributed by atoms with Crippen LogP contribution in [0.4, 0.5) is 0 Å². The number of hydrogen-bond acceptors (Lipinski definition) is 3. The third-order valence-corrected chi connectivity index (χ3v) is 7.26. The molecule has 4 aromatic rings. The van der Waals surface area contributed by atoms with Crippen LogP contribution in [-0.2, 0) is 23.0 Å². The highest BCUT2D eigenvalue weighted by Crippen LogP contribution is 2.43. The van der Waals surface area contributed by atoms with E-state index in [1.165, 1.54) is 11.6 Å². The van der Waals surface area contributed by atoms with Crippen molar-refractivity contribution < 1.29 is 17.7 Å². The SMILES string of the molecule is Cc1ccc(-c2cc(-c3ccccc3)cc3c2OC(Cc2cc(C)ccc2S(=O)(=O)O)C3)cc1. The minimum Gasteiger partial charge on any atom is -0.489 e. The zero-order valence-electron chi connectivity index (χ0n) is 19.2. The molecule has 1 heterocycles. The average Bonchev–Trinajstić information content (AvgIpc) is 3.21. The van der Waals surface area contributed by atoms with Crippen molar-refractivity contribution in [3.8, 4) is 28.0 Å². The van der Waals surface area contributed by atoms with E-state index in [0.717, 1.165) is 39.1 Å². The molecule has 0 aromatic heterocycles. The number of ether oxygens (including phenoxy) is 1. The Morgan fingerprint density at radius 3 is 2.24 bits per heavy atom. The van der Waals surface area contributed by atoms with Crippen LogP contribution in [0.1, 0.15) is 22.3 Å². The Morgan fingerprint density at radius 1 is 0.824 bits per heavy atom. The summed E-state index contributed by atoms with van der Waals surface area (Å²) in [6, 6.07) is 28.0. The van der Waals surface area contributed by atoms with Gasteiger partial charge in [0.2, 0.25) is 0 Å². The summed E-state index contributed by atoms with van der Waals surface area (Å²) < 4.78 is 40.0. The number of hydrogen-bond donors (Lipinski definition) is 1. The van der Waals surface area contributed by atoms with Gasteiger partial charge < -0.3 is 4.74 Å². The van der Waals surface area contributed by atoms with Crippen molar-refractivity contribution in [2.45, 2.75) is 37.7 Å². The molecule has 0 radical (unpaired) electrons. The first kappa shape index (κ1) is 22.4. The highest BCUT2D eigenvalue weighted by Gasteiger charge is 2.29. The minimum atomic E-state index is -4.31. The standard InChI is InChI=1S/C29H26O4S/c1-19-8-11-22(12-9-19)27-18-23(21-6-4-3-5-7-21)15-25-17-26(33-29(25)27)16-24-14-20(2)10-13-28(24)34(30,31)32/h3-15,18,26H,16-17H2,1-2H3,(H,30,31,32). The van der Waals surface area contributed by atoms with Crippen LogP contribution < -0.4 is 4.74 Å². The Morgan fingerprint density at radius 2 is 1.53 bits per heavy atom. The second-order valence-electron chi connectivity index (χ2n) is 8.98. The predicted molar refractivity (Wildman–Crippen MR) is 135 cm³/mol. The van der Waals surface area contributed by atoms with Gasteiger partial charge in [-0.1, -0.05) is 77.9 Å². The van der Waals surface area contributed by atoms with Crippen LogP contribution in [0.25, 0.3) is 22.3 Å². The third-order valence-electron chi connectivity index (χ3n) is 6.31. The maximum atomic E-state index is 11.9. The van der Waals surface area contributed by atoms with Crippen molar-refractivity contribution in [1.29, 1.82) is 0 Å². The van der Waals surface area contributed by atoms with Crippen LogP contribution in [0, 0.1) is 13.8 Å². The number of fused-ring (bicyclic) bond motifs is 1. The van der Waals surface area contributed by atoms with E-state index in [2.05, 4.69) is 55.5 Å². The largest absolute Gasteiger partial charge is 0.489 e. The average molecular weight is 471 g/mol. The van der Waals surface area contributed by atoms with Crippen molar-refractivity contribution >= 4 is 10.1 Å². The van der Waals surface area contributed by atoms with Crippen molar-refractivity contribution in [2.24, 2.45) is 0 Å². The van der Waals surface area contributed by atoms with Crippen molar-refractivity contribution in [3.63, 3.8) is 0 Å². The van der Waals surface area contributed by atoms with E-state index in [1.807, 2.05) is 31.2 Å². The van der Waals surface area contributed by atoms with Crippen LogP contribution in [-0.4, -0.2) is 19.1 Å². The first-order valence-corrected chi connectivity index (χ1v) is 12.7. The van der Waals surface area contributed by atoms with Gasteiger partial charge in [0.25, 0.3) is 10.1 Å². The van der Waals surface area contributed by atoms with E-state index < -0.39 is 10.1 Å². The first-order chi connectivity index (χ1) is 16.3. The van der Waals surface area contributed by atoms with Gasteiger partial charge in [0, 0.05) is 18.4 Å². The van der Waals surface area contributed by atoms with E-state index in [1.54, 1.807) is 6.07 Å². The van der Waals surface area contributed by atoms with E-state index in [9.17, 15) is 13.0 Å². The lowest BCUT2D eigenvalue weighted by Crippen LogP contribution is -2.18. The Balaban J connectivity index is 1.56. The van der Waals surface area contributed by atoms with E-state index in [-0.39, 0.29) is 11.0 Å². The summed E-state index contributed by atoms with van der Waals surface area (Å²) in [4.78, 5) is -0.0543. The van der Waals surface area contributed by atoms with Crippen molar-refractivity contribution in [1.82, 2.24) is 0 Å². The van der Waals surface area contributed by atoms with Crippen molar-refractivity contribution in [2.75, 3.05) is 0 Å². The molecular formula is C29H26O4S. The quantitative estimate of drug-likeness (QED) is 0.341. The van der Waals surface area contributed by atoms with Crippen molar-refractivity contribution in [3.05, 3.63) is 107 Å².